The van der Waals surface area contributed by atoms with Crippen molar-refractivity contribution in [1.29, 1.82) is 0 Å². The molecule has 0 aromatic heterocycles. The quantitative estimate of drug-likeness (QED) is 0.529. The summed E-state index contributed by atoms with van der Waals surface area (Å²) in [7, 11) is 0. The Morgan fingerprint density at radius 3 is 2.21 bits per heavy atom. The summed E-state index contributed by atoms with van der Waals surface area (Å²) in [5.41, 5.74) is 5.06. The van der Waals surface area contributed by atoms with E-state index in [1.165, 1.54) is 6.92 Å². The van der Waals surface area contributed by atoms with Crippen LogP contribution in [-0.4, -0.2) is 24.2 Å². The van der Waals surface area contributed by atoms with E-state index in [2.05, 4.69) is 9.78 Å². The molecule has 0 spiro atoms. The SMILES string of the molecule is CCC(N)C(=O)OOC(=O)C(F)(F)F. The average molecular weight is 215 g/mol. The summed E-state index contributed by atoms with van der Waals surface area (Å²) in [6.07, 6.45) is -5.04. The predicted molar refractivity (Wildman–Crippen MR) is 36.5 cm³/mol. The number of alkyl halides is 3. The monoisotopic (exact) mass is 215 g/mol. The van der Waals surface area contributed by atoms with E-state index in [0.29, 0.717) is 0 Å². The van der Waals surface area contributed by atoms with Crippen molar-refractivity contribution in [2.75, 3.05) is 0 Å². The molecule has 0 radical (unpaired) electrons. The summed E-state index contributed by atoms with van der Waals surface area (Å²) in [5, 5.41) is 0. The molecule has 1 unspecified atom stereocenters. The molecule has 0 rings (SSSR count). The zero-order chi connectivity index (χ0) is 11.4. The zero-order valence-corrected chi connectivity index (χ0v) is 7.13. The Labute approximate surface area is 76.9 Å². The highest BCUT2D eigenvalue weighted by atomic mass is 19.4. The maximum atomic E-state index is 11.5. The van der Waals surface area contributed by atoms with Crippen LogP contribution >= 0.6 is 0 Å². The maximum Gasteiger partial charge on any atom is 0.495 e. The number of rotatable bonds is 2. The van der Waals surface area contributed by atoms with Gasteiger partial charge in [0.05, 0.1) is 0 Å². The molecule has 8 heteroatoms. The van der Waals surface area contributed by atoms with E-state index in [0.717, 1.165) is 0 Å². The van der Waals surface area contributed by atoms with Gasteiger partial charge in [-0.15, -0.1) is 0 Å². The highest BCUT2D eigenvalue weighted by molar-refractivity contribution is 5.78. The summed E-state index contributed by atoms with van der Waals surface area (Å²) in [4.78, 5) is 27.4. The molecule has 0 aromatic carbocycles. The minimum atomic E-state index is -5.20. The number of nitrogens with two attached hydrogens (primary N) is 1. The van der Waals surface area contributed by atoms with Gasteiger partial charge in [0.25, 0.3) is 0 Å². The lowest BCUT2D eigenvalue weighted by Gasteiger charge is -2.07. The van der Waals surface area contributed by atoms with Crippen molar-refractivity contribution in [3.05, 3.63) is 0 Å². The number of hydrogen-bond donors (Lipinski definition) is 1. The fourth-order valence-electron chi connectivity index (χ4n) is 0.355. The summed E-state index contributed by atoms with van der Waals surface area (Å²) >= 11 is 0. The standard InChI is InChI=1S/C6H8F3NO4/c1-2-3(10)4(11)13-14-5(12)6(7,8)9/h3H,2,10H2,1H3. The molecule has 0 heterocycles. The lowest BCUT2D eigenvalue weighted by molar-refractivity contribution is -0.286. The predicted octanol–water partition coefficient (Wildman–Crippen LogP) is 0.287. The molecule has 0 aliphatic rings. The molecule has 0 saturated heterocycles. The van der Waals surface area contributed by atoms with Crippen LogP contribution in [0, 0.1) is 0 Å². The molecule has 82 valence electrons. The minimum absolute atomic E-state index is 0.155. The van der Waals surface area contributed by atoms with Crippen LogP contribution in [-0.2, 0) is 19.4 Å². The van der Waals surface area contributed by atoms with Gasteiger partial charge in [-0.1, -0.05) is 6.92 Å². The Hall–Kier alpha value is -1.31. The van der Waals surface area contributed by atoms with Crippen molar-refractivity contribution < 1.29 is 32.5 Å². The van der Waals surface area contributed by atoms with Crippen LogP contribution in [0.5, 0.6) is 0 Å². The van der Waals surface area contributed by atoms with Crippen molar-refractivity contribution in [2.45, 2.75) is 25.6 Å². The van der Waals surface area contributed by atoms with Crippen molar-refractivity contribution in [2.24, 2.45) is 5.73 Å². The molecule has 5 nitrogen and oxygen atoms in total. The van der Waals surface area contributed by atoms with Crippen molar-refractivity contribution in [1.82, 2.24) is 0 Å². The van der Waals surface area contributed by atoms with Crippen LogP contribution in [0.4, 0.5) is 13.2 Å². The Balaban J connectivity index is 3.96. The van der Waals surface area contributed by atoms with Gasteiger partial charge in [0, 0.05) is 0 Å². The first kappa shape index (κ1) is 12.7. The van der Waals surface area contributed by atoms with Gasteiger partial charge in [-0.3, -0.25) is 0 Å². The molecule has 0 saturated carbocycles. The molecule has 0 fully saturated rings. The first-order chi connectivity index (χ1) is 6.29. The van der Waals surface area contributed by atoms with Crippen LogP contribution in [0.1, 0.15) is 13.3 Å². The number of carbonyl (C=O) groups is 2. The molecular formula is C6H8F3NO4. The Bertz CT molecular complexity index is 228. The van der Waals surface area contributed by atoms with Gasteiger partial charge in [0.2, 0.25) is 0 Å². The second-order valence-electron chi connectivity index (χ2n) is 2.29. The molecule has 0 aliphatic heterocycles. The van der Waals surface area contributed by atoms with E-state index >= 15 is 0 Å². The number of hydrogen-bond acceptors (Lipinski definition) is 5. The van der Waals surface area contributed by atoms with Gasteiger partial charge in [-0.2, -0.15) is 13.2 Å². The van der Waals surface area contributed by atoms with Gasteiger partial charge in [-0.05, 0) is 6.42 Å². The van der Waals surface area contributed by atoms with E-state index in [1.54, 1.807) is 0 Å². The highest BCUT2D eigenvalue weighted by Gasteiger charge is 2.43. The summed E-state index contributed by atoms with van der Waals surface area (Å²) in [5.74, 6) is -3.83. The second-order valence-corrected chi connectivity index (χ2v) is 2.29. The molecule has 1 atom stereocenters. The third-order valence-electron chi connectivity index (χ3n) is 1.17. The number of carbonyl (C=O) groups excluding carboxylic acids is 2. The van der Waals surface area contributed by atoms with Crippen molar-refractivity contribution >= 4 is 11.9 Å². The lowest BCUT2D eigenvalue weighted by Crippen LogP contribution is -2.34. The summed E-state index contributed by atoms with van der Waals surface area (Å²) in [6, 6.07) is -1.11. The minimum Gasteiger partial charge on any atom is -0.318 e. The first-order valence-electron chi connectivity index (χ1n) is 3.54. The zero-order valence-electron chi connectivity index (χ0n) is 7.13. The number of halogens is 3. The molecule has 14 heavy (non-hydrogen) atoms. The molecule has 0 aromatic rings. The summed E-state index contributed by atoms with van der Waals surface area (Å²) in [6.45, 7) is 1.51. The van der Waals surface area contributed by atoms with Crippen LogP contribution in [0.15, 0.2) is 0 Å². The molecule has 0 aliphatic carbocycles. The van der Waals surface area contributed by atoms with Gasteiger partial charge < -0.3 is 5.73 Å². The Morgan fingerprint density at radius 2 is 1.86 bits per heavy atom. The third-order valence-corrected chi connectivity index (χ3v) is 1.17. The Morgan fingerprint density at radius 1 is 1.36 bits per heavy atom. The molecule has 0 amide bonds. The van der Waals surface area contributed by atoms with E-state index in [1.807, 2.05) is 0 Å². The van der Waals surface area contributed by atoms with Gasteiger partial charge in [0.15, 0.2) is 0 Å². The Kier molecular flexibility index (Phi) is 4.35. The fourth-order valence-corrected chi connectivity index (χ4v) is 0.355. The van der Waals surface area contributed by atoms with E-state index in [9.17, 15) is 22.8 Å². The normalized spacial score (nSPS) is 13.2. The van der Waals surface area contributed by atoms with Crippen LogP contribution < -0.4 is 5.73 Å². The van der Waals surface area contributed by atoms with Crippen LogP contribution in [0.25, 0.3) is 0 Å². The molecular weight excluding hydrogens is 207 g/mol. The highest BCUT2D eigenvalue weighted by Crippen LogP contribution is 2.16. The van der Waals surface area contributed by atoms with Crippen molar-refractivity contribution in [3.63, 3.8) is 0 Å². The average Bonchev–Trinajstić information content (AvgIpc) is 2.10. The lowest BCUT2D eigenvalue weighted by atomic mass is 10.2. The van der Waals surface area contributed by atoms with E-state index < -0.39 is 24.2 Å². The maximum absolute atomic E-state index is 11.5. The van der Waals surface area contributed by atoms with Crippen LogP contribution in [0.2, 0.25) is 0 Å². The molecule has 0 bridgehead atoms. The smallest absolute Gasteiger partial charge is 0.318 e. The van der Waals surface area contributed by atoms with E-state index in [-0.39, 0.29) is 6.42 Å². The fraction of sp³-hybridized carbons (Fsp3) is 0.667. The largest absolute Gasteiger partial charge is 0.495 e. The van der Waals surface area contributed by atoms with Gasteiger partial charge >= 0.3 is 18.1 Å². The third kappa shape index (κ3) is 4.08. The van der Waals surface area contributed by atoms with Crippen molar-refractivity contribution in [3.8, 4) is 0 Å². The topological polar surface area (TPSA) is 78.6 Å². The van der Waals surface area contributed by atoms with E-state index in [4.69, 9.17) is 5.73 Å². The molecule has 2 N–H and O–H groups in total. The van der Waals surface area contributed by atoms with Gasteiger partial charge in [0.1, 0.15) is 6.04 Å². The van der Waals surface area contributed by atoms with Gasteiger partial charge in [-0.25, -0.2) is 19.4 Å². The summed E-state index contributed by atoms with van der Waals surface area (Å²) < 4.78 is 34.5. The second kappa shape index (κ2) is 4.80. The first-order valence-corrected chi connectivity index (χ1v) is 3.54. The van der Waals surface area contributed by atoms with Crippen LogP contribution in [0.3, 0.4) is 0 Å².